The zero-order chi connectivity index (χ0) is 9.73. The van der Waals surface area contributed by atoms with Crippen molar-refractivity contribution in [1.29, 1.82) is 0 Å². The molecule has 2 N–H and O–H groups in total. The fourth-order valence-electron chi connectivity index (χ4n) is 0.765. The van der Waals surface area contributed by atoms with Gasteiger partial charge in [-0.25, -0.2) is 8.78 Å². The van der Waals surface area contributed by atoms with Crippen molar-refractivity contribution in [3.63, 3.8) is 0 Å². The Balaban J connectivity index is 2.44. The number of thioether (sulfide) groups is 1. The molecule has 0 atom stereocenters. The van der Waals surface area contributed by atoms with E-state index in [9.17, 15) is 8.78 Å². The van der Waals surface area contributed by atoms with E-state index in [1.807, 2.05) is 18.2 Å². The van der Waals surface area contributed by atoms with E-state index in [1.165, 1.54) is 0 Å². The highest BCUT2D eigenvalue weighted by Gasteiger charge is 2.26. The minimum absolute atomic E-state index is 0.256. The van der Waals surface area contributed by atoms with Crippen molar-refractivity contribution in [2.24, 2.45) is 5.73 Å². The Labute approximate surface area is 80.3 Å². The standard InChI is InChI=1S/C9H11F2NS/c10-9(11,6-12)7-13-8-4-2-1-3-5-8/h1-5H,6-7,12H2. The highest BCUT2D eigenvalue weighted by atomic mass is 32.2. The molecule has 0 aliphatic carbocycles. The molecular formula is C9H11F2NS. The molecule has 0 radical (unpaired) electrons. The Morgan fingerprint density at radius 2 is 1.85 bits per heavy atom. The van der Waals surface area contributed by atoms with Crippen molar-refractivity contribution in [2.75, 3.05) is 12.3 Å². The zero-order valence-electron chi connectivity index (χ0n) is 7.04. The third-order valence-electron chi connectivity index (χ3n) is 1.49. The second-order valence-electron chi connectivity index (χ2n) is 2.66. The van der Waals surface area contributed by atoms with Crippen LogP contribution in [0.4, 0.5) is 8.78 Å². The average molecular weight is 203 g/mol. The van der Waals surface area contributed by atoms with Gasteiger partial charge < -0.3 is 5.73 Å². The lowest BCUT2D eigenvalue weighted by atomic mass is 10.4. The van der Waals surface area contributed by atoms with Crippen molar-refractivity contribution in [3.05, 3.63) is 30.3 Å². The third-order valence-corrected chi connectivity index (χ3v) is 2.66. The van der Waals surface area contributed by atoms with Gasteiger partial charge in [0.15, 0.2) is 0 Å². The van der Waals surface area contributed by atoms with Gasteiger partial charge in [0.25, 0.3) is 5.92 Å². The van der Waals surface area contributed by atoms with Crippen LogP contribution in [0.5, 0.6) is 0 Å². The SMILES string of the molecule is NCC(F)(F)CSc1ccccc1. The number of benzene rings is 1. The molecule has 0 heterocycles. The molecule has 1 rings (SSSR count). The second kappa shape index (κ2) is 4.58. The van der Waals surface area contributed by atoms with Crippen LogP contribution in [0.25, 0.3) is 0 Å². The van der Waals surface area contributed by atoms with Gasteiger partial charge in [-0.05, 0) is 12.1 Å². The van der Waals surface area contributed by atoms with Crippen LogP contribution in [0, 0.1) is 0 Å². The fourth-order valence-corrected chi connectivity index (χ4v) is 1.61. The van der Waals surface area contributed by atoms with Crippen LogP contribution < -0.4 is 5.73 Å². The number of nitrogens with two attached hydrogens (primary N) is 1. The van der Waals surface area contributed by atoms with Crippen molar-refractivity contribution in [1.82, 2.24) is 0 Å². The summed E-state index contributed by atoms with van der Waals surface area (Å²) in [6.07, 6.45) is 0. The summed E-state index contributed by atoms with van der Waals surface area (Å²) in [6.45, 7) is -0.590. The van der Waals surface area contributed by atoms with Crippen LogP contribution in [0.1, 0.15) is 0 Å². The van der Waals surface area contributed by atoms with Gasteiger partial charge in [-0.1, -0.05) is 18.2 Å². The molecule has 4 heteroatoms. The molecule has 0 spiro atoms. The average Bonchev–Trinajstić information content (AvgIpc) is 2.17. The molecule has 72 valence electrons. The number of alkyl halides is 2. The summed E-state index contributed by atoms with van der Waals surface area (Å²) in [7, 11) is 0. The number of halogens is 2. The van der Waals surface area contributed by atoms with Gasteiger partial charge in [-0.15, -0.1) is 11.8 Å². The van der Waals surface area contributed by atoms with Crippen LogP contribution in [0.3, 0.4) is 0 Å². The van der Waals surface area contributed by atoms with Gasteiger partial charge in [0.2, 0.25) is 0 Å². The third kappa shape index (κ3) is 3.74. The van der Waals surface area contributed by atoms with E-state index in [0.717, 1.165) is 16.7 Å². The van der Waals surface area contributed by atoms with E-state index in [1.54, 1.807) is 12.1 Å². The maximum Gasteiger partial charge on any atom is 0.269 e. The fraction of sp³-hybridized carbons (Fsp3) is 0.333. The number of hydrogen-bond donors (Lipinski definition) is 1. The molecular weight excluding hydrogens is 192 g/mol. The highest BCUT2D eigenvalue weighted by molar-refractivity contribution is 7.99. The Hall–Kier alpha value is -0.610. The highest BCUT2D eigenvalue weighted by Crippen LogP contribution is 2.24. The molecule has 13 heavy (non-hydrogen) atoms. The topological polar surface area (TPSA) is 26.0 Å². The van der Waals surface area contributed by atoms with Gasteiger partial charge in [-0.3, -0.25) is 0 Å². The Morgan fingerprint density at radius 3 is 2.38 bits per heavy atom. The van der Waals surface area contributed by atoms with Crippen molar-refractivity contribution in [2.45, 2.75) is 10.8 Å². The van der Waals surface area contributed by atoms with Gasteiger partial charge in [0.1, 0.15) is 0 Å². The maximum absolute atomic E-state index is 12.7. The minimum Gasteiger partial charge on any atom is -0.325 e. The number of rotatable bonds is 4. The van der Waals surface area contributed by atoms with Gasteiger partial charge in [-0.2, -0.15) is 0 Å². The summed E-state index contributed by atoms with van der Waals surface area (Å²) in [6, 6.07) is 9.10. The smallest absolute Gasteiger partial charge is 0.269 e. The normalized spacial score (nSPS) is 11.6. The molecule has 0 aliphatic rings. The molecule has 1 nitrogen and oxygen atoms in total. The molecule has 0 aliphatic heterocycles. The zero-order valence-corrected chi connectivity index (χ0v) is 7.86. The van der Waals surface area contributed by atoms with Crippen LogP contribution in [0.15, 0.2) is 35.2 Å². The van der Waals surface area contributed by atoms with Gasteiger partial charge >= 0.3 is 0 Å². The maximum atomic E-state index is 12.7. The van der Waals surface area contributed by atoms with Crippen LogP contribution in [0.2, 0.25) is 0 Å². The lowest BCUT2D eigenvalue weighted by molar-refractivity contribution is 0.0375. The monoisotopic (exact) mass is 203 g/mol. The van der Waals surface area contributed by atoms with E-state index in [-0.39, 0.29) is 5.75 Å². The van der Waals surface area contributed by atoms with Crippen molar-refractivity contribution >= 4 is 11.8 Å². The first kappa shape index (κ1) is 10.5. The largest absolute Gasteiger partial charge is 0.325 e. The number of hydrogen-bond acceptors (Lipinski definition) is 2. The molecule has 0 aromatic heterocycles. The van der Waals surface area contributed by atoms with Gasteiger partial charge in [0.05, 0.1) is 12.3 Å². The minimum atomic E-state index is -2.76. The first-order valence-electron chi connectivity index (χ1n) is 3.90. The quantitative estimate of drug-likeness (QED) is 0.760. The van der Waals surface area contributed by atoms with Crippen LogP contribution in [-0.2, 0) is 0 Å². The molecule has 1 aromatic carbocycles. The molecule has 0 unspecified atom stereocenters. The van der Waals surface area contributed by atoms with Crippen molar-refractivity contribution < 1.29 is 8.78 Å². The molecule has 0 saturated carbocycles. The predicted octanol–water partition coefficient (Wildman–Crippen LogP) is 2.37. The summed E-state index contributed by atoms with van der Waals surface area (Å²) < 4.78 is 25.4. The molecule has 1 aromatic rings. The summed E-state index contributed by atoms with van der Waals surface area (Å²) in [4.78, 5) is 0.843. The Morgan fingerprint density at radius 1 is 1.23 bits per heavy atom. The lowest BCUT2D eigenvalue weighted by Gasteiger charge is -2.12. The Kier molecular flexibility index (Phi) is 3.69. The second-order valence-corrected chi connectivity index (χ2v) is 3.71. The summed E-state index contributed by atoms with van der Waals surface area (Å²) in [5, 5.41) is 0. The lowest BCUT2D eigenvalue weighted by Crippen LogP contribution is -2.30. The van der Waals surface area contributed by atoms with Crippen molar-refractivity contribution in [3.8, 4) is 0 Å². The predicted molar refractivity (Wildman–Crippen MR) is 51.2 cm³/mol. The van der Waals surface area contributed by atoms with E-state index < -0.39 is 12.5 Å². The summed E-state index contributed by atoms with van der Waals surface area (Å²) in [5.74, 6) is -3.02. The summed E-state index contributed by atoms with van der Waals surface area (Å²) >= 11 is 1.12. The summed E-state index contributed by atoms with van der Waals surface area (Å²) in [5.41, 5.74) is 4.91. The van der Waals surface area contributed by atoms with E-state index >= 15 is 0 Å². The molecule has 0 fully saturated rings. The first-order chi connectivity index (χ1) is 6.14. The van der Waals surface area contributed by atoms with E-state index in [0.29, 0.717) is 0 Å². The van der Waals surface area contributed by atoms with E-state index in [2.05, 4.69) is 0 Å². The molecule has 0 bridgehead atoms. The van der Waals surface area contributed by atoms with Crippen LogP contribution >= 0.6 is 11.8 Å². The first-order valence-corrected chi connectivity index (χ1v) is 4.88. The van der Waals surface area contributed by atoms with Crippen LogP contribution in [-0.4, -0.2) is 18.2 Å². The molecule has 0 amide bonds. The molecule has 0 saturated heterocycles. The Bertz CT molecular complexity index is 251. The van der Waals surface area contributed by atoms with Gasteiger partial charge in [0, 0.05) is 4.90 Å². The van der Waals surface area contributed by atoms with E-state index in [4.69, 9.17) is 5.73 Å².